The minimum atomic E-state index is 0.499. The molecule has 0 fully saturated rings. The molecule has 0 saturated carbocycles. The van der Waals surface area contributed by atoms with E-state index in [4.69, 9.17) is 0 Å². The summed E-state index contributed by atoms with van der Waals surface area (Å²) in [4.78, 5) is 0. The normalized spacial score (nSPS) is 9.53. The van der Waals surface area contributed by atoms with Gasteiger partial charge in [-0.05, 0) is 0 Å². The second-order valence-corrected chi connectivity index (χ2v) is 5.60. The second kappa shape index (κ2) is 5.73. The third-order valence-corrected chi connectivity index (χ3v) is 4.17. The average Bonchev–Trinajstić information content (AvgIpc) is 2.38. The predicted molar refractivity (Wildman–Crippen MR) is 74.9 cm³/mol. The van der Waals surface area contributed by atoms with E-state index in [1.807, 2.05) is 6.07 Å². The van der Waals surface area contributed by atoms with E-state index < -0.39 is 0 Å². The monoisotopic (exact) mass is 286 g/mol. The van der Waals surface area contributed by atoms with Crippen LogP contribution in [-0.2, 0) is 0 Å². The molecule has 2 aromatic carbocycles. The average molecular weight is 285 g/mol. The molecule has 0 N–H and O–H groups in total. The molecular weight excluding hydrogens is 271 g/mol. The topological polar surface area (TPSA) is 0 Å². The number of rotatable bonds is 1. The first-order valence-corrected chi connectivity index (χ1v) is 8.08. The van der Waals surface area contributed by atoms with Crippen LogP contribution in [0.3, 0.4) is 0 Å². The summed E-state index contributed by atoms with van der Waals surface area (Å²) in [6.45, 7) is 2.09. The van der Waals surface area contributed by atoms with Crippen LogP contribution in [0.1, 0.15) is 16.7 Å². The van der Waals surface area contributed by atoms with Crippen molar-refractivity contribution in [3.05, 3.63) is 65.2 Å². The molecule has 0 unspecified atom stereocenters. The van der Waals surface area contributed by atoms with E-state index in [-0.39, 0.29) is 0 Å². The molecule has 0 spiro atoms. The van der Waals surface area contributed by atoms with Crippen molar-refractivity contribution in [1.29, 1.82) is 0 Å². The molecular formula is C16H14Se. The fourth-order valence-corrected chi connectivity index (χ4v) is 2.69. The molecule has 84 valence electrons. The van der Waals surface area contributed by atoms with Gasteiger partial charge in [0.2, 0.25) is 0 Å². The first kappa shape index (κ1) is 12.0. The maximum atomic E-state index is 3.27. The van der Waals surface area contributed by atoms with Crippen molar-refractivity contribution in [3.63, 3.8) is 0 Å². The van der Waals surface area contributed by atoms with E-state index in [9.17, 15) is 0 Å². The second-order valence-electron chi connectivity index (χ2n) is 3.82. The van der Waals surface area contributed by atoms with Gasteiger partial charge in [0.25, 0.3) is 0 Å². The Hall–Kier alpha value is -1.48. The van der Waals surface area contributed by atoms with E-state index in [1.165, 1.54) is 10.0 Å². The van der Waals surface area contributed by atoms with Gasteiger partial charge in [0.05, 0.1) is 0 Å². The Morgan fingerprint density at radius 1 is 0.882 bits per heavy atom. The molecule has 1 heteroatoms. The van der Waals surface area contributed by atoms with Gasteiger partial charge in [-0.15, -0.1) is 0 Å². The van der Waals surface area contributed by atoms with Crippen LogP contribution in [0.2, 0.25) is 5.82 Å². The summed E-state index contributed by atoms with van der Waals surface area (Å²) in [7, 11) is 0. The molecule has 0 heterocycles. The van der Waals surface area contributed by atoms with Crippen LogP contribution in [0.5, 0.6) is 0 Å². The van der Waals surface area contributed by atoms with Crippen LogP contribution < -0.4 is 4.46 Å². The Morgan fingerprint density at radius 3 is 2.29 bits per heavy atom. The summed E-state index contributed by atoms with van der Waals surface area (Å²) < 4.78 is 1.37. The molecule has 2 aromatic rings. The Labute approximate surface area is 109 Å². The zero-order chi connectivity index (χ0) is 12.1. The molecule has 0 atom stereocenters. The van der Waals surface area contributed by atoms with Gasteiger partial charge in [-0.25, -0.2) is 0 Å². The quantitative estimate of drug-likeness (QED) is 0.558. The van der Waals surface area contributed by atoms with Crippen molar-refractivity contribution in [3.8, 4) is 11.8 Å². The standard InChI is InChI=1S/C16H14Se/c1-13-7-9-14(10-8-13)11-12-15-5-3-4-6-16(15)17-2/h3-10H,1-2H3. The van der Waals surface area contributed by atoms with Gasteiger partial charge in [-0.1, -0.05) is 0 Å². The summed E-state index contributed by atoms with van der Waals surface area (Å²) in [5.74, 6) is 8.71. The van der Waals surface area contributed by atoms with Crippen molar-refractivity contribution in [2.45, 2.75) is 12.7 Å². The first-order valence-electron chi connectivity index (χ1n) is 5.51. The zero-order valence-corrected chi connectivity index (χ0v) is 11.7. The van der Waals surface area contributed by atoms with Crippen LogP contribution in [0.25, 0.3) is 0 Å². The Kier molecular flexibility index (Phi) is 4.04. The predicted octanol–water partition coefficient (Wildman–Crippen LogP) is 2.77. The van der Waals surface area contributed by atoms with Crippen molar-refractivity contribution in [2.75, 3.05) is 0 Å². The van der Waals surface area contributed by atoms with Gasteiger partial charge in [-0.2, -0.15) is 0 Å². The fraction of sp³-hybridized carbons (Fsp3) is 0.125. The van der Waals surface area contributed by atoms with E-state index in [2.05, 4.69) is 67.1 Å². The first-order chi connectivity index (χ1) is 8.29. The molecule has 0 bridgehead atoms. The molecule has 0 aliphatic rings. The Bertz CT molecular complexity index is 556. The molecule has 0 aliphatic heterocycles. The van der Waals surface area contributed by atoms with Gasteiger partial charge in [-0.3, -0.25) is 0 Å². The molecule has 0 nitrogen and oxygen atoms in total. The molecule has 0 saturated heterocycles. The molecule has 2 rings (SSSR count). The van der Waals surface area contributed by atoms with Gasteiger partial charge in [0, 0.05) is 0 Å². The van der Waals surface area contributed by atoms with E-state index in [0.717, 1.165) is 11.1 Å². The fourth-order valence-electron chi connectivity index (χ4n) is 1.52. The van der Waals surface area contributed by atoms with Crippen molar-refractivity contribution in [1.82, 2.24) is 0 Å². The summed E-state index contributed by atoms with van der Waals surface area (Å²) >= 11 is 0.499. The third-order valence-electron chi connectivity index (χ3n) is 2.50. The van der Waals surface area contributed by atoms with Crippen molar-refractivity contribution in [2.24, 2.45) is 0 Å². The molecule has 17 heavy (non-hydrogen) atoms. The summed E-state index contributed by atoms with van der Waals surface area (Å²) in [5, 5.41) is 0. The number of hydrogen-bond acceptors (Lipinski definition) is 0. The van der Waals surface area contributed by atoms with Gasteiger partial charge in [0.1, 0.15) is 0 Å². The third kappa shape index (κ3) is 3.24. The molecule has 0 aromatic heterocycles. The van der Waals surface area contributed by atoms with E-state index in [1.54, 1.807) is 0 Å². The summed E-state index contributed by atoms with van der Waals surface area (Å²) in [6.07, 6.45) is 0. The number of aryl methyl sites for hydroxylation is 1. The molecule has 0 aliphatic carbocycles. The summed E-state index contributed by atoms with van der Waals surface area (Å²) in [5.41, 5.74) is 3.51. The molecule has 0 radical (unpaired) electrons. The van der Waals surface area contributed by atoms with E-state index in [0.29, 0.717) is 15.0 Å². The van der Waals surface area contributed by atoms with E-state index >= 15 is 0 Å². The van der Waals surface area contributed by atoms with Gasteiger partial charge >= 0.3 is 109 Å². The van der Waals surface area contributed by atoms with Gasteiger partial charge in [0.15, 0.2) is 0 Å². The van der Waals surface area contributed by atoms with Crippen molar-refractivity contribution < 1.29 is 0 Å². The number of benzene rings is 2. The minimum absolute atomic E-state index is 0.499. The zero-order valence-electron chi connectivity index (χ0n) is 10.0. The van der Waals surface area contributed by atoms with Crippen LogP contribution >= 0.6 is 0 Å². The number of hydrogen-bond donors (Lipinski definition) is 0. The Morgan fingerprint density at radius 2 is 1.59 bits per heavy atom. The molecule has 0 amide bonds. The van der Waals surface area contributed by atoms with Crippen LogP contribution in [0, 0.1) is 18.8 Å². The maximum absolute atomic E-state index is 3.27. The Balaban J connectivity index is 2.29. The van der Waals surface area contributed by atoms with Gasteiger partial charge < -0.3 is 0 Å². The van der Waals surface area contributed by atoms with Crippen LogP contribution in [0.4, 0.5) is 0 Å². The van der Waals surface area contributed by atoms with Crippen LogP contribution in [-0.4, -0.2) is 15.0 Å². The SMILES string of the molecule is C[Se]c1ccccc1C#Cc1ccc(C)cc1. The van der Waals surface area contributed by atoms with Crippen molar-refractivity contribution >= 4 is 19.4 Å². The summed E-state index contributed by atoms with van der Waals surface area (Å²) in [6, 6.07) is 16.7. The van der Waals surface area contributed by atoms with Crippen LogP contribution in [0.15, 0.2) is 48.5 Å².